The van der Waals surface area contributed by atoms with Crippen LogP contribution in [0.25, 0.3) is 0 Å². The Hall–Kier alpha value is -2.37. The number of nitrogens with two attached hydrogens (primary N) is 1. The van der Waals surface area contributed by atoms with E-state index in [0.29, 0.717) is 12.8 Å². The fourth-order valence-electron chi connectivity index (χ4n) is 2.77. The zero-order valence-corrected chi connectivity index (χ0v) is 11.6. The number of rotatable bonds is 6. The number of carboxylic acids is 1. The largest absolute Gasteiger partial charge is 0.480 e. The van der Waals surface area contributed by atoms with Crippen molar-refractivity contribution < 1.29 is 19.5 Å². The van der Waals surface area contributed by atoms with Crippen LogP contribution < -0.4 is 5.73 Å². The molecule has 0 unspecified atom stereocenters. The van der Waals surface area contributed by atoms with Gasteiger partial charge in [-0.15, -0.1) is 0 Å². The third kappa shape index (κ3) is 3.04. The molecule has 1 aliphatic rings. The lowest BCUT2D eigenvalue weighted by Crippen LogP contribution is -2.54. The number of nitrogens with zero attached hydrogens (tertiary/aromatic N) is 1. The van der Waals surface area contributed by atoms with Crippen LogP contribution in [0.1, 0.15) is 24.8 Å². The Morgan fingerprint density at radius 2 is 1.76 bits per heavy atom. The second-order valence-corrected chi connectivity index (χ2v) is 5.32. The second-order valence-electron chi connectivity index (χ2n) is 5.32. The quantitative estimate of drug-likeness (QED) is 0.797. The van der Waals surface area contributed by atoms with Gasteiger partial charge in [0.25, 0.3) is 0 Å². The molecule has 0 atom stereocenters. The maximum Gasteiger partial charge on any atom is 0.323 e. The summed E-state index contributed by atoms with van der Waals surface area (Å²) >= 11 is 0. The van der Waals surface area contributed by atoms with Crippen molar-refractivity contribution in [3.8, 4) is 0 Å². The molecule has 1 saturated carbocycles. The van der Waals surface area contributed by atoms with Gasteiger partial charge in [-0.25, -0.2) is 0 Å². The number of hydrogen-bond donors (Lipinski definition) is 2. The van der Waals surface area contributed by atoms with Gasteiger partial charge in [0, 0.05) is 0 Å². The molecule has 112 valence electrons. The number of amides is 2. The average Bonchev–Trinajstić information content (AvgIpc) is 2.36. The predicted octanol–water partition coefficient (Wildman–Crippen LogP) is 0.507. The van der Waals surface area contributed by atoms with Crippen LogP contribution in [0.4, 0.5) is 0 Å². The molecule has 1 aliphatic carbocycles. The molecule has 6 nitrogen and oxygen atoms in total. The van der Waals surface area contributed by atoms with E-state index >= 15 is 0 Å². The van der Waals surface area contributed by atoms with Crippen LogP contribution in [0.5, 0.6) is 0 Å². The van der Waals surface area contributed by atoms with E-state index in [1.54, 1.807) is 0 Å². The van der Waals surface area contributed by atoms with Crippen LogP contribution in [0.3, 0.4) is 0 Å². The molecule has 0 spiro atoms. The summed E-state index contributed by atoms with van der Waals surface area (Å²) in [5.74, 6) is -2.21. The third-order valence-corrected chi connectivity index (χ3v) is 3.90. The van der Waals surface area contributed by atoms with E-state index in [4.69, 9.17) is 10.8 Å². The Bertz CT molecular complexity index is 536. The summed E-state index contributed by atoms with van der Waals surface area (Å²) in [6.45, 7) is -0.893. The average molecular weight is 290 g/mol. The van der Waals surface area contributed by atoms with E-state index in [2.05, 4.69) is 0 Å². The number of primary amides is 1. The lowest BCUT2D eigenvalue weighted by molar-refractivity contribution is -0.150. The topological polar surface area (TPSA) is 101 Å². The first-order valence-corrected chi connectivity index (χ1v) is 6.81. The zero-order valence-electron chi connectivity index (χ0n) is 11.6. The fourth-order valence-corrected chi connectivity index (χ4v) is 2.77. The monoisotopic (exact) mass is 290 g/mol. The van der Waals surface area contributed by atoms with Crippen molar-refractivity contribution in [2.45, 2.75) is 24.7 Å². The molecule has 1 aromatic rings. The van der Waals surface area contributed by atoms with Crippen LogP contribution in [-0.2, 0) is 19.8 Å². The van der Waals surface area contributed by atoms with Crippen molar-refractivity contribution in [2.24, 2.45) is 5.73 Å². The van der Waals surface area contributed by atoms with Gasteiger partial charge in [0.05, 0.1) is 12.0 Å². The second kappa shape index (κ2) is 5.95. The summed E-state index contributed by atoms with van der Waals surface area (Å²) in [7, 11) is 0. The highest BCUT2D eigenvalue weighted by molar-refractivity contribution is 5.94. The summed E-state index contributed by atoms with van der Waals surface area (Å²) in [6.07, 6.45) is 2.22. The molecule has 1 aromatic carbocycles. The van der Waals surface area contributed by atoms with Gasteiger partial charge < -0.3 is 15.7 Å². The number of carbonyl (C=O) groups excluding carboxylic acids is 2. The maximum atomic E-state index is 12.8. The van der Waals surface area contributed by atoms with Crippen molar-refractivity contribution in [3.63, 3.8) is 0 Å². The highest BCUT2D eigenvalue weighted by Gasteiger charge is 2.48. The van der Waals surface area contributed by atoms with E-state index in [9.17, 15) is 14.4 Å². The lowest BCUT2D eigenvalue weighted by Gasteiger charge is -2.43. The predicted molar refractivity (Wildman–Crippen MR) is 75.4 cm³/mol. The van der Waals surface area contributed by atoms with Crippen molar-refractivity contribution in [1.82, 2.24) is 4.90 Å². The molecular weight excluding hydrogens is 272 g/mol. The number of carboxylic acid groups (broad SMARTS) is 1. The summed E-state index contributed by atoms with van der Waals surface area (Å²) < 4.78 is 0. The van der Waals surface area contributed by atoms with Crippen molar-refractivity contribution in [3.05, 3.63) is 35.9 Å². The number of aliphatic carboxylic acids is 1. The molecule has 0 saturated heterocycles. The van der Waals surface area contributed by atoms with Gasteiger partial charge in [-0.2, -0.15) is 0 Å². The Kier molecular flexibility index (Phi) is 4.26. The van der Waals surface area contributed by atoms with Crippen molar-refractivity contribution >= 4 is 17.8 Å². The molecule has 3 N–H and O–H groups in total. The first-order valence-electron chi connectivity index (χ1n) is 6.81. The van der Waals surface area contributed by atoms with Gasteiger partial charge in [-0.05, 0) is 18.4 Å². The molecule has 0 bridgehead atoms. The normalized spacial score (nSPS) is 15.8. The van der Waals surface area contributed by atoms with E-state index < -0.39 is 23.8 Å². The Morgan fingerprint density at radius 3 is 2.19 bits per heavy atom. The molecule has 0 aliphatic heterocycles. The lowest BCUT2D eigenvalue weighted by atomic mass is 9.63. The zero-order chi connectivity index (χ0) is 15.5. The molecule has 2 rings (SSSR count). The maximum absolute atomic E-state index is 12.8. The standard InChI is InChI=1S/C15H18N2O4/c16-12(18)9-17(10-13(19)20)14(21)15(7-4-8-15)11-5-2-1-3-6-11/h1-3,5-6H,4,7-10H2,(H2,16,18)(H,19,20). The SMILES string of the molecule is NC(=O)CN(CC(=O)O)C(=O)C1(c2ccccc2)CCC1. The van der Waals surface area contributed by atoms with Crippen LogP contribution in [0, 0.1) is 0 Å². The molecule has 2 amide bonds. The Balaban J connectivity index is 2.29. The summed E-state index contributed by atoms with van der Waals surface area (Å²) in [5, 5.41) is 8.93. The molecule has 0 radical (unpaired) electrons. The minimum atomic E-state index is -1.16. The molecule has 0 aromatic heterocycles. The van der Waals surface area contributed by atoms with Crippen molar-refractivity contribution in [2.75, 3.05) is 13.1 Å². The van der Waals surface area contributed by atoms with Crippen LogP contribution in [-0.4, -0.2) is 40.9 Å². The molecule has 1 fully saturated rings. The highest BCUT2D eigenvalue weighted by Crippen LogP contribution is 2.45. The van der Waals surface area contributed by atoms with Crippen LogP contribution in [0.2, 0.25) is 0 Å². The van der Waals surface area contributed by atoms with Gasteiger partial charge in [0.1, 0.15) is 6.54 Å². The summed E-state index contributed by atoms with van der Waals surface area (Å²) in [6, 6.07) is 9.27. The smallest absolute Gasteiger partial charge is 0.323 e. The molecular formula is C15H18N2O4. The first-order chi connectivity index (χ1) is 9.95. The minimum Gasteiger partial charge on any atom is -0.480 e. The fraction of sp³-hybridized carbons (Fsp3) is 0.400. The van der Waals surface area contributed by atoms with Gasteiger partial charge in [-0.3, -0.25) is 14.4 Å². The van der Waals surface area contributed by atoms with E-state index in [1.807, 2.05) is 30.3 Å². The van der Waals surface area contributed by atoms with E-state index in [-0.39, 0.29) is 12.5 Å². The van der Waals surface area contributed by atoms with Crippen LogP contribution >= 0.6 is 0 Å². The highest BCUT2D eigenvalue weighted by atomic mass is 16.4. The summed E-state index contributed by atoms with van der Waals surface area (Å²) in [5.41, 5.74) is 5.27. The van der Waals surface area contributed by atoms with Crippen LogP contribution in [0.15, 0.2) is 30.3 Å². The number of benzene rings is 1. The van der Waals surface area contributed by atoms with Gasteiger partial charge >= 0.3 is 5.97 Å². The Labute approximate surface area is 122 Å². The Morgan fingerprint density at radius 1 is 1.14 bits per heavy atom. The third-order valence-electron chi connectivity index (χ3n) is 3.90. The van der Waals surface area contributed by atoms with E-state index in [1.165, 1.54) is 0 Å². The minimum absolute atomic E-state index is 0.332. The van der Waals surface area contributed by atoms with E-state index in [0.717, 1.165) is 16.9 Å². The van der Waals surface area contributed by atoms with Crippen molar-refractivity contribution in [1.29, 1.82) is 0 Å². The number of carbonyl (C=O) groups is 3. The van der Waals surface area contributed by atoms with Gasteiger partial charge in [0.15, 0.2) is 0 Å². The number of hydrogen-bond acceptors (Lipinski definition) is 3. The van der Waals surface area contributed by atoms with Gasteiger partial charge in [0.2, 0.25) is 11.8 Å². The first kappa shape index (κ1) is 15.0. The molecule has 6 heteroatoms. The van der Waals surface area contributed by atoms with Gasteiger partial charge in [-0.1, -0.05) is 36.8 Å². The summed E-state index contributed by atoms with van der Waals surface area (Å²) in [4.78, 5) is 35.8. The molecule has 21 heavy (non-hydrogen) atoms. The molecule has 0 heterocycles.